The zero-order chi connectivity index (χ0) is 24.7. The largest absolute Gasteiger partial charge is 0.496 e. The topological polar surface area (TPSA) is 83.9 Å². The van der Waals surface area contributed by atoms with Gasteiger partial charge in [0.05, 0.1) is 30.1 Å². The Hall–Kier alpha value is -3.43. The summed E-state index contributed by atoms with van der Waals surface area (Å²) in [5.41, 5.74) is 2.92. The molecule has 1 aliphatic rings. The maximum atomic E-state index is 6.29. The number of hydrogen-bond donors (Lipinski definition) is 0. The predicted molar refractivity (Wildman–Crippen MR) is 138 cm³/mol. The Kier molecular flexibility index (Phi) is 5.89. The van der Waals surface area contributed by atoms with Gasteiger partial charge in [-0.2, -0.15) is 5.10 Å². The van der Waals surface area contributed by atoms with Gasteiger partial charge in [-0.3, -0.25) is 4.98 Å². The van der Waals surface area contributed by atoms with Crippen LogP contribution in [-0.4, -0.2) is 33.8 Å². The van der Waals surface area contributed by atoms with Crippen LogP contribution in [0.15, 0.2) is 47.0 Å². The third kappa shape index (κ3) is 4.12. The van der Waals surface area contributed by atoms with Gasteiger partial charge in [-0.25, -0.2) is 9.50 Å². The Morgan fingerprint density at radius 3 is 2.72 bits per heavy atom. The molecule has 0 radical (unpaired) electrons. The fourth-order valence-electron chi connectivity index (χ4n) is 5.02. The van der Waals surface area contributed by atoms with Crippen LogP contribution in [0, 0.1) is 6.92 Å². The number of aromatic nitrogens is 4. The van der Waals surface area contributed by atoms with Crippen LogP contribution in [0.5, 0.6) is 11.5 Å². The maximum Gasteiger partial charge on any atom is 0.212 e. The molecular formula is C27H28N4O4S. The molecule has 0 amide bonds. The predicted octanol–water partition coefficient (Wildman–Crippen LogP) is 6.30. The molecule has 0 spiro atoms. The van der Waals surface area contributed by atoms with E-state index in [4.69, 9.17) is 23.6 Å². The van der Waals surface area contributed by atoms with E-state index in [0.29, 0.717) is 29.4 Å². The summed E-state index contributed by atoms with van der Waals surface area (Å²) >= 11 is 1.54. The van der Waals surface area contributed by atoms with Gasteiger partial charge in [0.2, 0.25) is 4.96 Å². The highest BCUT2D eigenvalue weighted by Gasteiger charge is 2.35. The Morgan fingerprint density at radius 2 is 1.94 bits per heavy atom. The van der Waals surface area contributed by atoms with Gasteiger partial charge < -0.3 is 18.6 Å². The third-order valence-electron chi connectivity index (χ3n) is 6.91. The number of nitrogens with zero attached hydrogens (tertiary/aromatic N) is 4. The number of fused-ring (bicyclic) bond motifs is 2. The van der Waals surface area contributed by atoms with Crippen molar-refractivity contribution in [1.29, 1.82) is 0 Å². The standard InChI is InChI=1S/C27H28N4O4S/c1-17-30-31-15-21(29-26(31)36-17)24-14-20-22(12-19(32-2)13-23(20)35-24)34-16-18-8-7-9-25(28-18)27(33-3)10-5-4-6-11-27/h7-9,12-15H,4-6,10-11,16H2,1-3H3. The van der Waals surface area contributed by atoms with Crippen LogP contribution in [0.2, 0.25) is 0 Å². The number of furan rings is 1. The molecule has 1 aromatic carbocycles. The van der Waals surface area contributed by atoms with Gasteiger partial charge in [0, 0.05) is 19.2 Å². The van der Waals surface area contributed by atoms with Crippen molar-refractivity contribution in [3.05, 3.63) is 59.0 Å². The number of methoxy groups -OCH3 is 2. The van der Waals surface area contributed by atoms with E-state index in [1.165, 1.54) is 6.42 Å². The Balaban J connectivity index is 1.30. The second-order valence-electron chi connectivity index (χ2n) is 9.18. The smallest absolute Gasteiger partial charge is 0.212 e. The van der Waals surface area contributed by atoms with E-state index in [0.717, 1.165) is 58.1 Å². The Morgan fingerprint density at radius 1 is 1.08 bits per heavy atom. The minimum Gasteiger partial charge on any atom is -0.496 e. The second-order valence-corrected chi connectivity index (χ2v) is 10.3. The number of aryl methyl sites for hydroxylation is 1. The van der Waals surface area contributed by atoms with E-state index in [2.05, 4.69) is 16.1 Å². The molecule has 0 aliphatic heterocycles. The van der Waals surface area contributed by atoms with Gasteiger partial charge in [0.1, 0.15) is 40.0 Å². The van der Waals surface area contributed by atoms with Gasteiger partial charge in [0.15, 0.2) is 5.76 Å². The molecule has 6 rings (SSSR count). The van der Waals surface area contributed by atoms with Crippen LogP contribution in [0.1, 0.15) is 48.5 Å². The molecule has 4 heterocycles. The number of ether oxygens (including phenoxy) is 3. The molecule has 1 fully saturated rings. The molecule has 0 atom stereocenters. The molecule has 0 saturated heterocycles. The molecule has 36 heavy (non-hydrogen) atoms. The number of benzene rings is 1. The van der Waals surface area contributed by atoms with Crippen LogP contribution in [0.25, 0.3) is 27.4 Å². The lowest BCUT2D eigenvalue weighted by Gasteiger charge is -2.35. The van der Waals surface area contributed by atoms with Crippen molar-refractivity contribution < 1.29 is 18.6 Å². The molecule has 8 nitrogen and oxygen atoms in total. The van der Waals surface area contributed by atoms with Crippen molar-refractivity contribution in [3.8, 4) is 23.0 Å². The maximum absolute atomic E-state index is 6.29. The lowest BCUT2D eigenvalue weighted by atomic mass is 9.82. The summed E-state index contributed by atoms with van der Waals surface area (Å²) in [6.45, 7) is 2.28. The van der Waals surface area contributed by atoms with E-state index in [9.17, 15) is 0 Å². The van der Waals surface area contributed by atoms with Crippen molar-refractivity contribution in [3.63, 3.8) is 0 Å². The van der Waals surface area contributed by atoms with E-state index in [1.807, 2.05) is 43.5 Å². The third-order valence-corrected chi connectivity index (χ3v) is 7.74. The van der Waals surface area contributed by atoms with Gasteiger partial charge >= 0.3 is 0 Å². The monoisotopic (exact) mass is 504 g/mol. The highest BCUT2D eigenvalue weighted by Crippen LogP contribution is 2.40. The van der Waals surface area contributed by atoms with Gasteiger partial charge in [-0.15, -0.1) is 0 Å². The molecule has 0 bridgehead atoms. The molecule has 9 heteroatoms. The van der Waals surface area contributed by atoms with Crippen molar-refractivity contribution in [2.45, 2.75) is 51.2 Å². The van der Waals surface area contributed by atoms with E-state index >= 15 is 0 Å². The van der Waals surface area contributed by atoms with Crippen molar-refractivity contribution in [2.75, 3.05) is 14.2 Å². The van der Waals surface area contributed by atoms with Crippen molar-refractivity contribution in [1.82, 2.24) is 19.6 Å². The first-order chi connectivity index (χ1) is 17.6. The van der Waals surface area contributed by atoms with E-state index in [1.54, 1.807) is 30.1 Å². The van der Waals surface area contributed by atoms with Crippen LogP contribution < -0.4 is 9.47 Å². The van der Waals surface area contributed by atoms with E-state index in [-0.39, 0.29) is 5.60 Å². The molecule has 186 valence electrons. The number of hydrogen-bond acceptors (Lipinski definition) is 8. The molecule has 0 unspecified atom stereocenters. The summed E-state index contributed by atoms with van der Waals surface area (Å²) in [7, 11) is 3.42. The summed E-state index contributed by atoms with van der Waals surface area (Å²) in [6, 6.07) is 11.8. The summed E-state index contributed by atoms with van der Waals surface area (Å²) < 4.78 is 25.7. The average molecular weight is 505 g/mol. The number of imidazole rings is 1. The average Bonchev–Trinajstić information content (AvgIpc) is 3.60. The lowest BCUT2D eigenvalue weighted by molar-refractivity contribution is -0.0480. The molecule has 0 N–H and O–H groups in total. The highest BCUT2D eigenvalue weighted by atomic mass is 32.1. The highest BCUT2D eigenvalue weighted by molar-refractivity contribution is 7.16. The first kappa shape index (κ1) is 23.0. The molecular weight excluding hydrogens is 476 g/mol. The molecule has 1 aliphatic carbocycles. The zero-order valence-corrected chi connectivity index (χ0v) is 21.4. The first-order valence-electron chi connectivity index (χ1n) is 12.2. The normalized spacial score (nSPS) is 15.5. The second kappa shape index (κ2) is 9.22. The van der Waals surface area contributed by atoms with Gasteiger partial charge in [0.25, 0.3) is 0 Å². The van der Waals surface area contributed by atoms with Crippen LogP contribution >= 0.6 is 11.3 Å². The van der Waals surface area contributed by atoms with Crippen LogP contribution in [0.4, 0.5) is 0 Å². The quantitative estimate of drug-likeness (QED) is 0.257. The summed E-state index contributed by atoms with van der Waals surface area (Å²) in [6.07, 6.45) is 7.43. The Bertz CT molecular complexity index is 1500. The minimum atomic E-state index is -0.303. The number of rotatable bonds is 7. The summed E-state index contributed by atoms with van der Waals surface area (Å²) in [4.78, 5) is 10.4. The Labute approximate surface area is 212 Å². The van der Waals surface area contributed by atoms with Crippen LogP contribution in [-0.2, 0) is 16.9 Å². The lowest BCUT2D eigenvalue weighted by Crippen LogP contribution is -2.32. The number of pyridine rings is 1. The van der Waals surface area contributed by atoms with Crippen molar-refractivity contribution in [2.24, 2.45) is 0 Å². The van der Waals surface area contributed by atoms with Crippen LogP contribution in [0.3, 0.4) is 0 Å². The SMILES string of the molecule is COc1cc(OCc2cccc(C3(OC)CCCCC3)n2)c2cc(-c3cn4nc(C)sc4n3)oc2c1. The molecule has 4 aromatic heterocycles. The fourth-order valence-corrected chi connectivity index (χ4v) is 5.74. The minimum absolute atomic E-state index is 0.303. The summed E-state index contributed by atoms with van der Waals surface area (Å²) in [5.74, 6) is 1.97. The zero-order valence-electron chi connectivity index (χ0n) is 20.6. The molecule has 5 aromatic rings. The van der Waals surface area contributed by atoms with Gasteiger partial charge in [-0.1, -0.05) is 36.7 Å². The van der Waals surface area contributed by atoms with E-state index < -0.39 is 0 Å². The molecule has 1 saturated carbocycles. The summed E-state index contributed by atoms with van der Waals surface area (Å²) in [5, 5.41) is 6.26. The first-order valence-corrected chi connectivity index (χ1v) is 13.0. The van der Waals surface area contributed by atoms with Gasteiger partial charge in [-0.05, 0) is 38.0 Å². The fraction of sp³-hybridized carbons (Fsp3) is 0.370. The van der Waals surface area contributed by atoms with Crippen molar-refractivity contribution >= 4 is 27.3 Å².